The highest BCUT2D eigenvalue weighted by Crippen LogP contribution is 2.61. The number of amides is 1. The monoisotopic (exact) mass is 257 g/mol. The van der Waals surface area contributed by atoms with E-state index >= 15 is 0 Å². The molecule has 2 bridgehead atoms. The first-order valence-corrected chi connectivity index (χ1v) is 7.36. The summed E-state index contributed by atoms with van der Waals surface area (Å²) >= 11 is 0. The average Bonchev–Trinajstić information content (AvgIpc) is 2.41. The minimum Gasteiger partial charge on any atom is -0.349 e. The Kier molecular flexibility index (Phi) is 2.92. The fourth-order valence-corrected chi connectivity index (χ4v) is 4.18. The van der Waals surface area contributed by atoms with E-state index in [9.17, 15) is 4.79 Å². The summed E-state index contributed by atoms with van der Waals surface area (Å²) in [7, 11) is 0. The highest BCUT2D eigenvalue weighted by molar-refractivity contribution is 5.94. The maximum absolute atomic E-state index is 12.2. The summed E-state index contributed by atoms with van der Waals surface area (Å²) in [6.07, 6.45) is 2.50. The Balaban J connectivity index is 1.68. The number of carbonyl (C=O) groups excluding carboxylic acids is 1. The molecule has 4 rings (SSSR count). The lowest BCUT2D eigenvalue weighted by Crippen LogP contribution is -2.60. The van der Waals surface area contributed by atoms with E-state index in [-0.39, 0.29) is 5.91 Å². The molecule has 4 atom stereocenters. The smallest absolute Gasteiger partial charge is 0.251 e. The van der Waals surface area contributed by atoms with Crippen LogP contribution in [0.2, 0.25) is 0 Å². The minimum absolute atomic E-state index is 0.0801. The highest BCUT2D eigenvalue weighted by Gasteiger charge is 2.56. The third-order valence-electron chi connectivity index (χ3n) is 5.71. The van der Waals surface area contributed by atoms with Gasteiger partial charge in [-0.25, -0.2) is 0 Å². The molecule has 3 fully saturated rings. The van der Waals surface area contributed by atoms with Gasteiger partial charge in [0.15, 0.2) is 0 Å². The predicted octanol–water partition coefficient (Wildman–Crippen LogP) is 3.49. The van der Waals surface area contributed by atoms with E-state index < -0.39 is 0 Å². The quantitative estimate of drug-likeness (QED) is 0.863. The van der Waals surface area contributed by atoms with Crippen LogP contribution >= 0.6 is 0 Å². The van der Waals surface area contributed by atoms with Crippen molar-refractivity contribution in [1.29, 1.82) is 0 Å². The second-order valence-corrected chi connectivity index (χ2v) is 6.90. The van der Waals surface area contributed by atoms with Gasteiger partial charge in [-0.2, -0.15) is 0 Å². The molecule has 0 heterocycles. The third-order valence-corrected chi connectivity index (χ3v) is 5.71. The van der Waals surface area contributed by atoms with Crippen LogP contribution in [-0.2, 0) is 0 Å². The largest absolute Gasteiger partial charge is 0.349 e. The maximum Gasteiger partial charge on any atom is 0.251 e. The van der Waals surface area contributed by atoms with Crippen molar-refractivity contribution in [2.24, 2.45) is 23.2 Å². The van der Waals surface area contributed by atoms with Crippen LogP contribution in [0.15, 0.2) is 30.3 Å². The van der Waals surface area contributed by atoms with Crippen LogP contribution in [-0.4, -0.2) is 11.9 Å². The van der Waals surface area contributed by atoms with Gasteiger partial charge in [0.25, 0.3) is 5.91 Å². The maximum atomic E-state index is 12.2. The molecule has 3 aliphatic rings. The minimum atomic E-state index is 0.0801. The molecule has 0 aromatic heterocycles. The summed E-state index contributed by atoms with van der Waals surface area (Å²) in [6.45, 7) is 7.08. The summed E-state index contributed by atoms with van der Waals surface area (Å²) in [4.78, 5) is 12.2. The summed E-state index contributed by atoms with van der Waals surface area (Å²) in [5.74, 6) is 2.23. The fourth-order valence-electron chi connectivity index (χ4n) is 4.18. The molecule has 0 spiro atoms. The molecule has 3 aliphatic carbocycles. The van der Waals surface area contributed by atoms with Gasteiger partial charge < -0.3 is 5.32 Å². The molecular weight excluding hydrogens is 234 g/mol. The Labute approximate surface area is 115 Å². The van der Waals surface area contributed by atoms with Gasteiger partial charge in [0.05, 0.1) is 0 Å². The van der Waals surface area contributed by atoms with E-state index in [4.69, 9.17) is 0 Å². The van der Waals surface area contributed by atoms with E-state index in [1.165, 1.54) is 6.42 Å². The van der Waals surface area contributed by atoms with Crippen LogP contribution in [0.4, 0.5) is 0 Å². The fraction of sp³-hybridized carbons (Fsp3) is 0.588. The van der Waals surface area contributed by atoms with Crippen molar-refractivity contribution >= 4 is 5.91 Å². The normalized spacial score (nSPS) is 35.3. The number of hydrogen-bond acceptors (Lipinski definition) is 1. The average molecular weight is 257 g/mol. The van der Waals surface area contributed by atoms with Gasteiger partial charge in [0, 0.05) is 11.6 Å². The Hall–Kier alpha value is -1.31. The van der Waals surface area contributed by atoms with E-state index in [1.54, 1.807) is 0 Å². The molecule has 0 radical (unpaired) electrons. The molecular formula is C17H23NO. The van der Waals surface area contributed by atoms with Gasteiger partial charge in [0.1, 0.15) is 0 Å². The molecule has 3 saturated carbocycles. The van der Waals surface area contributed by atoms with Gasteiger partial charge in [-0.15, -0.1) is 0 Å². The zero-order valence-corrected chi connectivity index (χ0v) is 12.0. The van der Waals surface area contributed by atoms with Crippen molar-refractivity contribution in [1.82, 2.24) is 5.32 Å². The molecule has 2 nitrogen and oxygen atoms in total. The lowest BCUT2D eigenvalue weighted by Gasteiger charge is -2.62. The van der Waals surface area contributed by atoms with Crippen LogP contribution in [0.3, 0.4) is 0 Å². The molecule has 1 aromatic rings. The lowest BCUT2D eigenvalue weighted by molar-refractivity contribution is -0.113. The third kappa shape index (κ3) is 1.98. The van der Waals surface area contributed by atoms with Crippen LogP contribution in [0.1, 0.15) is 44.0 Å². The summed E-state index contributed by atoms with van der Waals surface area (Å²) < 4.78 is 0. The van der Waals surface area contributed by atoms with Gasteiger partial charge in [-0.3, -0.25) is 4.79 Å². The van der Waals surface area contributed by atoms with Crippen molar-refractivity contribution in [3.63, 3.8) is 0 Å². The molecule has 102 valence electrons. The Morgan fingerprint density at radius 3 is 2.47 bits per heavy atom. The number of hydrogen-bond donors (Lipinski definition) is 1. The van der Waals surface area contributed by atoms with E-state index in [0.717, 1.165) is 23.8 Å². The second kappa shape index (κ2) is 4.36. The number of benzene rings is 1. The SMILES string of the molecule is C[C@@H]1[C@H]2C[C@H](C[C@H]1NC(=O)c1ccccc1)C2(C)C. The first-order valence-electron chi connectivity index (χ1n) is 7.36. The van der Waals surface area contributed by atoms with Crippen LogP contribution in [0.25, 0.3) is 0 Å². The van der Waals surface area contributed by atoms with E-state index in [0.29, 0.717) is 17.4 Å². The topological polar surface area (TPSA) is 29.1 Å². The number of rotatable bonds is 2. The first-order chi connectivity index (χ1) is 9.00. The predicted molar refractivity (Wildman–Crippen MR) is 76.9 cm³/mol. The van der Waals surface area contributed by atoms with Crippen molar-refractivity contribution in [3.05, 3.63) is 35.9 Å². The molecule has 19 heavy (non-hydrogen) atoms. The van der Waals surface area contributed by atoms with E-state index in [2.05, 4.69) is 26.1 Å². The van der Waals surface area contributed by atoms with Gasteiger partial charge in [0.2, 0.25) is 0 Å². The second-order valence-electron chi connectivity index (χ2n) is 6.90. The van der Waals surface area contributed by atoms with Crippen LogP contribution in [0.5, 0.6) is 0 Å². The van der Waals surface area contributed by atoms with Crippen LogP contribution < -0.4 is 5.32 Å². The summed E-state index contributed by atoms with van der Waals surface area (Å²) in [5, 5.41) is 3.24. The molecule has 1 N–H and O–H groups in total. The Bertz CT molecular complexity index is 479. The van der Waals surface area contributed by atoms with Crippen molar-refractivity contribution in [2.75, 3.05) is 0 Å². The Morgan fingerprint density at radius 2 is 1.89 bits per heavy atom. The zero-order chi connectivity index (χ0) is 13.6. The molecule has 0 aliphatic heterocycles. The van der Waals surface area contributed by atoms with Crippen molar-refractivity contribution < 1.29 is 4.79 Å². The first kappa shape index (κ1) is 12.7. The zero-order valence-electron chi connectivity index (χ0n) is 12.0. The summed E-state index contributed by atoms with van der Waals surface area (Å²) in [5.41, 5.74) is 1.25. The van der Waals surface area contributed by atoms with Crippen LogP contribution in [0, 0.1) is 23.2 Å². The van der Waals surface area contributed by atoms with Crippen molar-refractivity contribution in [3.8, 4) is 0 Å². The van der Waals surface area contributed by atoms with Crippen molar-refractivity contribution in [2.45, 2.75) is 39.7 Å². The Morgan fingerprint density at radius 1 is 1.21 bits per heavy atom. The molecule has 1 amide bonds. The number of nitrogens with one attached hydrogen (secondary N) is 1. The molecule has 0 unspecified atom stereocenters. The number of fused-ring (bicyclic) bond motifs is 2. The van der Waals surface area contributed by atoms with Gasteiger partial charge in [-0.05, 0) is 48.1 Å². The number of carbonyl (C=O) groups is 1. The standard InChI is InChI=1S/C17H23NO/c1-11-14-9-13(17(14,2)3)10-15(11)18-16(19)12-7-5-4-6-8-12/h4-8,11,13-15H,9-10H2,1-3H3,(H,18,19)/t11-,13-,14-,15-/m1/s1. The molecule has 2 heteroatoms. The lowest BCUT2D eigenvalue weighted by atomic mass is 9.45. The highest BCUT2D eigenvalue weighted by atomic mass is 16.1. The van der Waals surface area contributed by atoms with Gasteiger partial charge >= 0.3 is 0 Å². The molecule has 0 saturated heterocycles. The van der Waals surface area contributed by atoms with E-state index in [1.807, 2.05) is 30.3 Å². The van der Waals surface area contributed by atoms with Gasteiger partial charge in [-0.1, -0.05) is 39.0 Å². The summed E-state index contributed by atoms with van der Waals surface area (Å²) in [6, 6.07) is 9.89. The molecule has 1 aromatic carbocycles.